The monoisotopic (exact) mass is 388 g/mol. The van der Waals surface area contributed by atoms with Crippen LogP contribution in [-0.4, -0.2) is 62.1 Å². The second-order valence-corrected chi connectivity index (χ2v) is 8.62. The minimum atomic E-state index is -0.339. The van der Waals surface area contributed by atoms with Crippen LogP contribution < -0.4 is 10.4 Å². The summed E-state index contributed by atoms with van der Waals surface area (Å²) >= 11 is 0. The predicted molar refractivity (Wildman–Crippen MR) is 112 cm³/mol. The largest absolute Gasteiger partial charge is 0.494 e. The second-order valence-electron chi connectivity index (χ2n) is 8.62. The number of unbranched alkanes of at least 4 members (excludes halogenated alkanes) is 1. The second kappa shape index (κ2) is 8.33. The van der Waals surface area contributed by atoms with Gasteiger partial charge < -0.3 is 23.8 Å². The van der Waals surface area contributed by atoms with E-state index in [1.54, 1.807) is 4.90 Å². The van der Waals surface area contributed by atoms with Crippen molar-refractivity contribution in [3.05, 3.63) is 24.3 Å². The summed E-state index contributed by atoms with van der Waals surface area (Å²) in [6.07, 6.45) is 1.76. The lowest BCUT2D eigenvalue weighted by atomic mass is 9.79. The molecule has 1 aromatic carbocycles. The molecule has 0 aromatic heterocycles. The van der Waals surface area contributed by atoms with Gasteiger partial charge in [-0.3, -0.25) is 0 Å². The van der Waals surface area contributed by atoms with Crippen molar-refractivity contribution in [1.82, 2.24) is 4.90 Å². The molecule has 0 unspecified atom stereocenters. The van der Waals surface area contributed by atoms with Gasteiger partial charge in [-0.05, 0) is 51.7 Å². The Morgan fingerprint density at radius 3 is 2.14 bits per heavy atom. The van der Waals surface area contributed by atoms with Crippen molar-refractivity contribution < 1.29 is 18.8 Å². The molecule has 2 heterocycles. The topological polar surface area (TPSA) is 51.2 Å². The van der Waals surface area contributed by atoms with Gasteiger partial charge in [-0.1, -0.05) is 25.5 Å². The van der Waals surface area contributed by atoms with Crippen LogP contribution in [0.2, 0.25) is 0 Å². The van der Waals surface area contributed by atoms with E-state index in [0.717, 1.165) is 37.1 Å². The molecule has 0 N–H and O–H groups in total. The Hall–Kier alpha value is -1.73. The van der Waals surface area contributed by atoms with Gasteiger partial charge in [0.1, 0.15) is 0 Å². The Morgan fingerprint density at radius 2 is 1.61 bits per heavy atom. The highest BCUT2D eigenvalue weighted by molar-refractivity contribution is 6.62. The molecule has 2 aliphatic rings. The molecule has 0 atom stereocenters. The number of piperazine rings is 1. The minimum absolute atomic E-state index is 0.191. The Morgan fingerprint density at radius 1 is 1.04 bits per heavy atom. The molecule has 3 rings (SSSR count). The van der Waals surface area contributed by atoms with E-state index in [4.69, 9.17) is 14.0 Å². The molecule has 1 aromatic rings. The zero-order chi connectivity index (χ0) is 20.4. The first-order valence-corrected chi connectivity index (χ1v) is 10.4. The first-order chi connectivity index (χ1) is 13.2. The normalized spacial score (nSPS) is 21.1. The summed E-state index contributed by atoms with van der Waals surface area (Å²) in [5.74, 6) is 0. The third-order valence-corrected chi connectivity index (χ3v) is 6.04. The molecule has 0 radical (unpaired) electrons. The van der Waals surface area contributed by atoms with Crippen molar-refractivity contribution in [3.8, 4) is 0 Å². The van der Waals surface area contributed by atoms with Crippen LogP contribution in [0.1, 0.15) is 47.5 Å². The van der Waals surface area contributed by atoms with Gasteiger partial charge in [0.25, 0.3) is 0 Å². The van der Waals surface area contributed by atoms with Gasteiger partial charge in [-0.15, -0.1) is 0 Å². The number of carbonyl (C=O) groups excluding carboxylic acids is 1. The minimum Gasteiger partial charge on any atom is -0.449 e. The fourth-order valence-electron chi connectivity index (χ4n) is 3.36. The maximum absolute atomic E-state index is 12.1. The van der Waals surface area contributed by atoms with Crippen LogP contribution in [0, 0.1) is 0 Å². The van der Waals surface area contributed by atoms with Crippen LogP contribution in [0.25, 0.3) is 0 Å². The molecule has 2 aliphatic heterocycles. The molecule has 154 valence electrons. The first kappa shape index (κ1) is 21.0. The molecule has 0 bridgehead atoms. The van der Waals surface area contributed by atoms with Crippen LogP contribution in [-0.2, 0) is 14.0 Å². The zero-order valence-electron chi connectivity index (χ0n) is 17.9. The van der Waals surface area contributed by atoms with Crippen LogP contribution in [0.4, 0.5) is 10.5 Å². The predicted octanol–water partition coefficient (Wildman–Crippen LogP) is 3.04. The van der Waals surface area contributed by atoms with Crippen molar-refractivity contribution in [1.29, 1.82) is 0 Å². The number of hydrogen-bond acceptors (Lipinski definition) is 5. The SMILES string of the molecule is CCCCOC(=O)N1CCN(c2ccc(B3OC(C)(C)C(C)(C)O3)cc2)CC1. The van der Waals surface area contributed by atoms with E-state index in [9.17, 15) is 4.79 Å². The molecule has 2 saturated heterocycles. The van der Waals surface area contributed by atoms with Crippen molar-refractivity contribution in [2.24, 2.45) is 0 Å². The van der Waals surface area contributed by atoms with E-state index in [0.29, 0.717) is 19.7 Å². The average Bonchev–Trinajstić information content (AvgIpc) is 2.89. The molecule has 6 nitrogen and oxygen atoms in total. The average molecular weight is 388 g/mol. The fourth-order valence-corrected chi connectivity index (χ4v) is 3.36. The maximum Gasteiger partial charge on any atom is 0.494 e. The van der Waals surface area contributed by atoms with Gasteiger partial charge in [0.2, 0.25) is 0 Å². The molecule has 0 saturated carbocycles. The summed E-state index contributed by atoms with van der Waals surface area (Å²) < 4.78 is 17.6. The number of amides is 1. The highest BCUT2D eigenvalue weighted by atomic mass is 16.7. The summed E-state index contributed by atoms with van der Waals surface area (Å²) in [5.41, 5.74) is 1.51. The molecule has 0 aliphatic carbocycles. The highest BCUT2D eigenvalue weighted by Gasteiger charge is 2.51. The molecule has 28 heavy (non-hydrogen) atoms. The molecule has 2 fully saturated rings. The number of ether oxygens (including phenoxy) is 1. The van der Waals surface area contributed by atoms with Crippen LogP contribution >= 0.6 is 0 Å². The van der Waals surface area contributed by atoms with Gasteiger partial charge >= 0.3 is 13.2 Å². The van der Waals surface area contributed by atoms with E-state index in [-0.39, 0.29) is 24.4 Å². The van der Waals surface area contributed by atoms with E-state index >= 15 is 0 Å². The number of nitrogens with zero attached hydrogens (tertiary/aromatic N) is 2. The Kier molecular flexibility index (Phi) is 6.25. The number of anilines is 1. The molecule has 1 amide bonds. The van der Waals surface area contributed by atoms with Crippen molar-refractivity contribution in [2.75, 3.05) is 37.7 Å². The third kappa shape index (κ3) is 4.46. The molecule has 7 heteroatoms. The van der Waals surface area contributed by atoms with Gasteiger partial charge in [0.15, 0.2) is 0 Å². The van der Waals surface area contributed by atoms with Gasteiger partial charge in [-0.25, -0.2) is 4.79 Å². The standard InChI is InChI=1S/C21H33BN2O4/c1-6-7-16-26-19(25)24-14-12-23(13-15-24)18-10-8-17(9-11-18)22-27-20(2,3)21(4,5)28-22/h8-11H,6-7,12-16H2,1-5H3. The molecular formula is C21H33BN2O4. The van der Waals surface area contributed by atoms with E-state index in [1.807, 2.05) is 0 Å². The lowest BCUT2D eigenvalue weighted by molar-refractivity contribution is 0.00578. The summed E-state index contributed by atoms with van der Waals surface area (Å²) in [4.78, 5) is 16.2. The maximum atomic E-state index is 12.1. The third-order valence-electron chi connectivity index (χ3n) is 6.04. The Balaban J connectivity index is 1.53. The number of carbonyl (C=O) groups is 1. The summed E-state index contributed by atoms with van der Waals surface area (Å²) in [6, 6.07) is 8.36. The molecule has 0 spiro atoms. The van der Waals surface area contributed by atoms with E-state index in [1.165, 1.54) is 0 Å². The highest BCUT2D eigenvalue weighted by Crippen LogP contribution is 2.36. The summed E-state index contributed by atoms with van der Waals surface area (Å²) in [6.45, 7) is 13.8. The van der Waals surface area contributed by atoms with Crippen molar-refractivity contribution in [3.63, 3.8) is 0 Å². The smallest absolute Gasteiger partial charge is 0.449 e. The van der Waals surface area contributed by atoms with Gasteiger partial charge in [0, 0.05) is 31.9 Å². The van der Waals surface area contributed by atoms with E-state index in [2.05, 4.69) is 63.8 Å². The van der Waals surface area contributed by atoms with Gasteiger partial charge in [0.05, 0.1) is 17.8 Å². The van der Waals surface area contributed by atoms with Gasteiger partial charge in [-0.2, -0.15) is 0 Å². The Labute approximate surface area is 169 Å². The summed E-state index contributed by atoms with van der Waals surface area (Å²) in [7, 11) is -0.339. The van der Waals surface area contributed by atoms with Crippen LogP contribution in [0.5, 0.6) is 0 Å². The Bertz CT molecular complexity index is 653. The molecular weight excluding hydrogens is 355 g/mol. The number of benzene rings is 1. The van der Waals surface area contributed by atoms with Crippen LogP contribution in [0.15, 0.2) is 24.3 Å². The number of rotatable bonds is 5. The quantitative estimate of drug-likeness (QED) is 0.573. The van der Waals surface area contributed by atoms with Crippen molar-refractivity contribution >= 4 is 24.4 Å². The summed E-state index contributed by atoms with van der Waals surface area (Å²) in [5, 5.41) is 0. The first-order valence-electron chi connectivity index (χ1n) is 10.4. The van der Waals surface area contributed by atoms with Crippen molar-refractivity contribution in [2.45, 2.75) is 58.7 Å². The van der Waals surface area contributed by atoms with E-state index < -0.39 is 0 Å². The zero-order valence-corrected chi connectivity index (χ0v) is 17.9. The van der Waals surface area contributed by atoms with Crippen LogP contribution in [0.3, 0.4) is 0 Å². The fraction of sp³-hybridized carbons (Fsp3) is 0.667. The number of hydrogen-bond donors (Lipinski definition) is 0. The lowest BCUT2D eigenvalue weighted by Crippen LogP contribution is -2.49. The lowest BCUT2D eigenvalue weighted by Gasteiger charge is -2.35.